The molecule has 0 unspecified atom stereocenters. The maximum absolute atomic E-state index is 12.7. The van der Waals surface area contributed by atoms with Gasteiger partial charge in [0.05, 0.1) is 11.5 Å². The van der Waals surface area contributed by atoms with Crippen molar-refractivity contribution in [2.45, 2.75) is 74.7 Å². The highest BCUT2D eigenvalue weighted by molar-refractivity contribution is 7.99. The molecule has 1 aliphatic heterocycles. The van der Waals surface area contributed by atoms with Crippen molar-refractivity contribution < 1.29 is 4.79 Å². The number of carbonyl (C=O) groups is 1. The number of nitrogens with zero attached hydrogens (tertiary/aromatic N) is 6. The molecule has 0 radical (unpaired) electrons. The highest BCUT2D eigenvalue weighted by Crippen LogP contribution is 2.26. The summed E-state index contributed by atoms with van der Waals surface area (Å²) >= 11 is 3.01. The molecule has 1 fully saturated rings. The monoisotopic (exact) mass is 406 g/mol. The van der Waals surface area contributed by atoms with Crippen LogP contribution in [-0.4, -0.2) is 53.4 Å². The number of piperidine rings is 1. The maximum Gasteiger partial charge on any atom is 0.233 e. The van der Waals surface area contributed by atoms with Crippen molar-refractivity contribution in [3.05, 3.63) is 24.3 Å². The topological polar surface area (TPSA) is 76.8 Å². The van der Waals surface area contributed by atoms with Crippen LogP contribution in [0.1, 0.15) is 45.9 Å². The lowest BCUT2D eigenvalue weighted by Gasteiger charge is -2.39. The second-order valence-corrected chi connectivity index (χ2v) is 8.57. The number of hydrogen-bond donors (Lipinski definition) is 0. The summed E-state index contributed by atoms with van der Waals surface area (Å²) in [6.07, 6.45) is 6.85. The lowest BCUT2D eigenvalue weighted by Crippen LogP contribution is -2.48. The second kappa shape index (κ2) is 9.54. The van der Waals surface area contributed by atoms with E-state index in [2.05, 4.69) is 45.5 Å². The fraction of sp³-hybridized carbons (Fsp3) is 0.611. The Morgan fingerprint density at radius 3 is 2.52 bits per heavy atom. The molecule has 146 valence electrons. The fourth-order valence-corrected chi connectivity index (χ4v) is 5.09. The van der Waals surface area contributed by atoms with Crippen molar-refractivity contribution in [2.24, 2.45) is 0 Å². The Hall–Kier alpha value is -1.61. The fourth-order valence-electron chi connectivity index (χ4n) is 3.45. The number of thioether (sulfide) groups is 2. The molecule has 0 bridgehead atoms. The van der Waals surface area contributed by atoms with Crippen molar-refractivity contribution in [2.75, 3.05) is 5.75 Å². The lowest BCUT2D eigenvalue weighted by atomic mass is 9.98. The number of amides is 1. The summed E-state index contributed by atoms with van der Waals surface area (Å²) in [6.45, 7) is 7.13. The molecule has 2 aromatic rings. The predicted molar refractivity (Wildman–Crippen MR) is 108 cm³/mol. The molecule has 2 atom stereocenters. The van der Waals surface area contributed by atoms with Crippen molar-refractivity contribution >= 4 is 29.4 Å². The molecule has 0 saturated carbocycles. The van der Waals surface area contributed by atoms with E-state index < -0.39 is 0 Å². The molecule has 0 aromatic carbocycles. The van der Waals surface area contributed by atoms with Gasteiger partial charge in [0, 0.05) is 31.0 Å². The summed E-state index contributed by atoms with van der Waals surface area (Å²) in [7, 11) is 0. The van der Waals surface area contributed by atoms with Crippen molar-refractivity contribution in [1.82, 2.24) is 29.6 Å². The number of likely N-dealkylation sites (tertiary alicyclic amines) is 1. The molecule has 1 aliphatic rings. The molecule has 1 amide bonds. The minimum Gasteiger partial charge on any atom is -0.337 e. The van der Waals surface area contributed by atoms with E-state index in [1.807, 2.05) is 4.90 Å². The molecule has 0 aliphatic carbocycles. The van der Waals surface area contributed by atoms with Crippen LogP contribution >= 0.6 is 23.5 Å². The summed E-state index contributed by atoms with van der Waals surface area (Å²) < 4.78 is 2.07. The molecule has 2 aromatic heterocycles. The maximum atomic E-state index is 12.7. The molecule has 0 spiro atoms. The Balaban J connectivity index is 1.60. The van der Waals surface area contributed by atoms with Crippen molar-refractivity contribution in [1.29, 1.82) is 0 Å². The second-order valence-electron chi connectivity index (χ2n) is 6.68. The minimum absolute atomic E-state index is 0.193. The van der Waals surface area contributed by atoms with Gasteiger partial charge in [-0.3, -0.25) is 4.79 Å². The van der Waals surface area contributed by atoms with Crippen molar-refractivity contribution in [3.63, 3.8) is 0 Å². The number of carbonyl (C=O) groups excluding carboxylic acids is 1. The first-order valence-electron chi connectivity index (χ1n) is 9.36. The van der Waals surface area contributed by atoms with E-state index in [0.717, 1.165) is 35.5 Å². The van der Waals surface area contributed by atoms with E-state index >= 15 is 0 Å². The van der Waals surface area contributed by atoms with Gasteiger partial charge in [-0.2, -0.15) is 0 Å². The smallest absolute Gasteiger partial charge is 0.233 e. The highest BCUT2D eigenvalue weighted by Gasteiger charge is 2.29. The van der Waals surface area contributed by atoms with Crippen LogP contribution in [0.2, 0.25) is 0 Å². The van der Waals surface area contributed by atoms with Crippen LogP contribution in [0.3, 0.4) is 0 Å². The number of aromatic nitrogens is 5. The van der Waals surface area contributed by atoms with Crippen LogP contribution in [0.4, 0.5) is 0 Å². The Labute approximate surface area is 168 Å². The molecule has 7 nitrogen and oxygen atoms in total. The van der Waals surface area contributed by atoms with Crippen molar-refractivity contribution in [3.8, 4) is 0 Å². The van der Waals surface area contributed by atoms with E-state index in [0.29, 0.717) is 23.6 Å². The summed E-state index contributed by atoms with van der Waals surface area (Å²) in [6, 6.07) is 2.45. The third kappa shape index (κ3) is 5.01. The molecule has 0 N–H and O–H groups in total. The van der Waals surface area contributed by atoms with E-state index in [-0.39, 0.29) is 5.91 Å². The van der Waals surface area contributed by atoms with Crippen LogP contribution in [0, 0.1) is 0 Å². The zero-order valence-electron chi connectivity index (χ0n) is 16.0. The molecule has 3 rings (SSSR count). The summed E-state index contributed by atoms with van der Waals surface area (Å²) in [5.41, 5.74) is 0. The molecule has 9 heteroatoms. The standard InChI is InChI=1S/C18H26N6OS2/c1-4-23-15(11-26-17-19-9-6-10-20-17)21-22-18(23)27-12-16(25)24-13(2)7-5-8-14(24)3/h6,9-10,13-14H,4-5,7-8,11-12H2,1-3H3/t13-,14-/m0/s1. The van der Waals surface area contributed by atoms with E-state index in [9.17, 15) is 4.79 Å². The molecular formula is C18H26N6OS2. The van der Waals surface area contributed by atoms with Gasteiger partial charge in [-0.1, -0.05) is 23.5 Å². The number of hydrogen-bond acceptors (Lipinski definition) is 7. The Kier molecular flexibility index (Phi) is 7.12. The van der Waals surface area contributed by atoms with E-state index in [4.69, 9.17) is 0 Å². The van der Waals surface area contributed by atoms with Gasteiger partial charge in [-0.05, 0) is 46.1 Å². The molecule has 1 saturated heterocycles. The molecule has 27 heavy (non-hydrogen) atoms. The first kappa shape index (κ1) is 20.1. The zero-order chi connectivity index (χ0) is 19.2. The average Bonchev–Trinajstić information content (AvgIpc) is 3.07. The Morgan fingerprint density at radius 1 is 1.15 bits per heavy atom. The SMILES string of the molecule is CCn1c(CSc2ncccn2)nnc1SCC(=O)N1[C@@H](C)CCC[C@@H]1C. The van der Waals surface area contributed by atoms with Gasteiger partial charge in [0.2, 0.25) is 5.91 Å². The summed E-state index contributed by atoms with van der Waals surface area (Å²) in [5.74, 6) is 2.13. The van der Waals surface area contributed by atoms with Gasteiger partial charge in [-0.15, -0.1) is 10.2 Å². The highest BCUT2D eigenvalue weighted by atomic mass is 32.2. The number of rotatable bonds is 7. The van der Waals surface area contributed by atoms with Gasteiger partial charge < -0.3 is 9.47 Å². The third-order valence-corrected chi connectivity index (χ3v) is 6.61. The van der Waals surface area contributed by atoms with Gasteiger partial charge >= 0.3 is 0 Å². The molecule has 3 heterocycles. The third-order valence-electron chi connectivity index (χ3n) is 4.79. The first-order chi connectivity index (χ1) is 13.1. The zero-order valence-corrected chi connectivity index (χ0v) is 17.7. The van der Waals surface area contributed by atoms with Crippen LogP contribution < -0.4 is 0 Å². The summed E-state index contributed by atoms with van der Waals surface area (Å²) in [5, 5.41) is 10.1. The Bertz CT molecular complexity index is 744. The van der Waals surface area contributed by atoms with Gasteiger partial charge in [0.25, 0.3) is 0 Å². The molecular weight excluding hydrogens is 380 g/mol. The lowest BCUT2D eigenvalue weighted by molar-refractivity contribution is -0.134. The van der Waals surface area contributed by atoms with Crippen LogP contribution in [0.5, 0.6) is 0 Å². The van der Waals surface area contributed by atoms with Crippen LogP contribution in [-0.2, 0) is 17.1 Å². The predicted octanol–water partition coefficient (Wildman–Crippen LogP) is 3.26. The normalized spacial score (nSPS) is 20.0. The van der Waals surface area contributed by atoms with Gasteiger partial charge in [0.1, 0.15) is 5.82 Å². The average molecular weight is 407 g/mol. The van der Waals surface area contributed by atoms with E-state index in [1.165, 1.54) is 29.9 Å². The largest absolute Gasteiger partial charge is 0.337 e. The van der Waals surface area contributed by atoms with Gasteiger partial charge in [0.15, 0.2) is 10.3 Å². The van der Waals surface area contributed by atoms with Crippen LogP contribution in [0.25, 0.3) is 0 Å². The van der Waals surface area contributed by atoms with Gasteiger partial charge in [-0.25, -0.2) is 9.97 Å². The van der Waals surface area contributed by atoms with E-state index in [1.54, 1.807) is 18.5 Å². The quantitative estimate of drug-likeness (QED) is 0.516. The summed E-state index contributed by atoms with van der Waals surface area (Å²) in [4.78, 5) is 23.2. The first-order valence-corrected chi connectivity index (χ1v) is 11.3. The van der Waals surface area contributed by atoms with Crippen LogP contribution in [0.15, 0.2) is 28.8 Å². The minimum atomic E-state index is 0.193. The Morgan fingerprint density at radius 2 is 1.85 bits per heavy atom.